The number of rotatable bonds is 6. The van der Waals surface area contributed by atoms with Crippen molar-refractivity contribution in [2.24, 2.45) is 0 Å². The molecule has 3 rings (SSSR count). The molecule has 0 spiro atoms. The van der Waals surface area contributed by atoms with Crippen LogP contribution in [0.3, 0.4) is 0 Å². The molecule has 0 bridgehead atoms. The summed E-state index contributed by atoms with van der Waals surface area (Å²) in [7, 11) is 0. The van der Waals surface area contributed by atoms with E-state index in [1.54, 1.807) is 6.26 Å². The Morgan fingerprint density at radius 1 is 1.05 bits per heavy atom. The fraction of sp³-hybridized carbons (Fsp3) is 0.412. The third-order valence-electron chi connectivity index (χ3n) is 3.94. The molecule has 1 fully saturated rings. The van der Waals surface area contributed by atoms with E-state index in [2.05, 4.69) is 40.5 Å². The molecule has 3 heteroatoms. The maximum Gasteiger partial charge on any atom is 0.117 e. The molecule has 2 heterocycles. The van der Waals surface area contributed by atoms with Crippen molar-refractivity contribution in [3.8, 4) is 0 Å². The van der Waals surface area contributed by atoms with E-state index in [1.807, 2.05) is 12.1 Å². The van der Waals surface area contributed by atoms with Gasteiger partial charge in [0.25, 0.3) is 0 Å². The molecule has 1 aliphatic rings. The predicted molar refractivity (Wildman–Crippen MR) is 80.4 cm³/mol. The van der Waals surface area contributed by atoms with Crippen LogP contribution in [0.4, 0.5) is 0 Å². The van der Waals surface area contributed by atoms with Crippen molar-refractivity contribution in [3.63, 3.8) is 0 Å². The van der Waals surface area contributed by atoms with Crippen molar-refractivity contribution in [1.29, 1.82) is 0 Å². The SMILES string of the molecule is c1ccc(C(CN2CCCC2)NCc2ccco2)cc1. The molecule has 1 atom stereocenters. The van der Waals surface area contributed by atoms with Crippen molar-refractivity contribution in [2.45, 2.75) is 25.4 Å². The van der Waals surface area contributed by atoms with Gasteiger partial charge < -0.3 is 14.6 Å². The minimum absolute atomic E-state index is 0.361. The Morgan fingerprint density at radius 3 is 2.55 bits per heavy atom. The number of benzene rings is 1. The normalized spacial score (nSPS) is 17.4. The summed E-state index contributed by atoms with van der Waals surface area (Å²) in [6.07, 6.45) is 4.40. The van der Waals surface area contributed by atoms with E-state index in [1.165, 1.54) is 31.5 Å². The van der Waals surface area contributed by atoms with Crippen LogP contribution in [-0.4, -0.2) is 24.5 Å². The largest absolute Gasteiger partial charge is 0.468 e. The standard InChI is InChI=1S/C17H22N2O/c1-2-7-15(8-3-1)17(14-19-10-4-5-11-19)18-13-16-9-6-12-20-16/h1-3,6-9,12,17-18H,4-5,10-11,13-14H2. The minimum Gasteiger partial charge on any atom is -0.468 e. The lowest BCUT2D eigenvalue weighted by molar-refractivity contribution is 0.287. The van der Waals surface area contributed by atoms with E-state index in [-0.39, 0.29) is 0 Å². The van der Waals surface area contributed by atoms with Crippen LogP contribution >= 0.6 is 0 Å². The molecule has 1 saturated heterocycles. The summed E-state index contributed by atoms with van der Waals surface area (Å²) in [4.78, 5) is 2.55. The van der Waals surface area contributed by atoms with Gasteiger partial charge in [-0.3, -0.25) is 0 Å². The fourth-order valence-electron chi connectivity index (χ4n) is 2.83. The van der Waals surface area contributed by atoms with Gasteiger partial charge in [-0.15, -0.1) is 0 Å². The summed E-state index contributed by atoms with van der Waals surface area (Å²) < 4.78 is 5.41. The highest BCUT2D eigenvalue weighted by Crippen LogP contribution is 2.18. The van der Waals surface area contributed by atoms with Crippen molar-refractivity contribution >= 4 is 0 Å². The summed E-state index contributed by atoms with van der Waals surface area (Å²) in [6, 6.07) is 15.0. The van der Waals surface area contributed by atoms with Crippen LogP contribution in [0.25, 0.3) is 0 Å². The monoisotopic (exact) mass is 270 g/mol. The van der Waals surface area contributed by atoms with Crippen LogP contribution in [-0.2, 0) is 6.54 Å². The molecule has 0 amide bonds. The van der Waals surface area contributed by atoms with Gasteiger partial charge in [0, 0.05) is 12.6 Å². The molecular weight excluding hydrogens is 248 g/mol. The van der Waals surface area contributed by atoms with Crippen LogP contribution < -0.4 is 5.32 Å². The molecule has 2 aromatic rings. The first kappa shape index (κ1) is 13.4. The van der Waals surface area contributed by atoms with Crippen molar-refractivity contribution in [2.75, 3.05) is 19.6 Å². The molecule has 106 valence electrons. The van der Waals surface area contributed by atoms with Gasteiger partial charge in [0.05, 0.1) is 12.8 Å². The van der Waals surface area contributed by atoms with Crippen LogP contribution in [0.5, 0.6) is 0 Å². The molecular formula is C17H22N2O. The lowest BCUT2D eigenvalue weighted by Gasteiger charge is -2.24. The van der Waals surface area contributed by atoms with E-state index >= 15 is 0 Å². The number of hydrogen-bond acceptors (Lipinski definition) is 3. The van der Waals surface area contributed by atoms with Crippen LogP contribution in [0.2, 0.25) is 0 Å². The number of nitrogens with one attached hydrogen (secondary N) is 1. The molecule has 20 heavy (non-hydrogen) atoms. The Labute approximate surface area is 120 Å². The van der Waals surface area contributed by atoms with Gasteiger partial charge >= 0.3 is 0 Å². The first-order valence-corrected chi connectivity index (χ1v) is 7.45. The summed E-state index contributed by atoms with van der Waals surface area (Å²) in [5.41, 5.74) is 1.35. The van der Waals surface area contributed by atoms with Crippen LogP contribution in [0.15, 0.2) is 53.1 Å². The van der Waals surface area contributed by atoms with E-state index in [4.69, 9.17) is 4.42 Å². The quantitative estimate of drug-likeness (QED) is 0.873. The summed E-state index contributed by atoms with van der Waals surface area (Å²) in [5, 5.41) is 3.63. The number of nitrogens with zero attached hydrogens (tertiary/aromatic N) is 1. The second kappa shape index (κ2) is 6.73. The molecule has 1 N–H and O–H groups in total. The average molecular weight is 270 g/mol. The van der Waals surface area contributed by atoms with Crippen molar-refractivity contribution in [1.82, 2.24) is 10.2 Å². The second-order valence-corrected chi connectivity index (χ2v) is 5.43. The molecule has 1 aromatic heterocycles. The summed E-state index contributed by atoms with van der Waals surface area (Å²) >= 11 is 0. The zero-order valence-electron chi connectivity index (χ0n) is 11.8. The Kier molecular flexibility index (Phi) is 4.51. The van der Waals surface area contributed by atoms with Gasteiger partial charge in [0.1, 0.15) is 5.76 Å². The zero-order chi connectivity index (χ0) is 13.6. The molecule has 1 unspecified atom stereocenters. The number of hydrogen-bond donors (Lipinski definition) is 1. The van der Waals surface area contributed by atoms with E-state index in [0.29, 0.717) is 6.04 Å². The molecule has 1 aromatic carbocycles. The van der Waals surface area contributed by atoms with Gasteiger partial charge in [0.15, 0.2) is 0 Å². The molecule has 0 saturated carbocycles. The van der Waals surface area contributed by atoms with Gasteiger partial charge in [-0.25, -0.2) is 0 Å². The minimum atomic E-state index is 0.361. The zero-order valence-corrected chi connectivity index (χ0v) is 11.8. The van der Waals surface area contributed by atoms with Crippen molar-refractivity contribution in [3.05, 3.63) is 60.1 Å². The fourth-order valence-corrected chi connectivity index (χ4v) is 2.83. The summed E-state index contributed by atoms with van der Waals surface area (Å²) in [6.45, 7) is 4.31. The van der Waals surface area contributed by atoms with E-state index < -0.39 is 0 Å². The van der Waals surface area contributed by atoms with Crippen LogP contribution in [0, 0.1) is 0 Å². The maximum absolute atomic E-state index is 5.41. The molecule has 1 aliphatic heterocycles. The highest BCUT2D eigenvalue weighted by atomic mass is 16.3. The first-order chi connectivity index (χ1) is 9.92. The topological polar surface area (TPSA) is 28.4 Å². The highest BCUT2D eigenvalue weighted by Gasteiger charge is 2.18. The first-order valence-electron chi connectivity index (χ1n) is 7.45. The van der Waals surface area contributed by atoms with Crippen molar-refractivity contribution < 1.29 is 4.42 Å². The number of furan rings is 1. The molecule has 3 nitrogen and oxygen atoms in total. The Bertz CT molecular complexity index is 489. The van der Waals surface area contributed by atoms with E-state index in [0.717, 1.165) is 18.8 Å². The highest BCUT2D eigenvalue weighted by molar-refractivity contribution is 5.19. The van der Waals surface area contributed by atoms with Gasteiger partial charge in [-0.1, -0.05) is 30.3 Å². The van der Waals surface area contributed by atoms with Gasteiger partial charge in [0.2, 0.25) is 0 Å². The van der Waals surface area contributed by atoms with Gasteiger partial charge in [-0.05, 0) is 43.6 Å². The third kappa shape index (κ3) is 3.50. The second-order valence-electron chi connectivity index (χ2n) is 5.43. The molecule has 0 aliphatic carbocycles. The Hall–Kier alpha value is -1.58. The lowest BCUT2D eigenvalue weighted by atomic mass is 10.1. The van der Waals surface area contributed by atoms with Crippen LogP contribution in [0.1, 0.15) is 30.2 Å². The summed E-state index contributed by atoms with van der Waals surface area (Å²) in [5.74, 6) is 0.993. The van der Waals surface area contributed by atoms with E-state index in [9.17, 15) is 0 Å². The lowest BCUT2D eigenvalue weighted by Crippen LogP contribution is -2.33. The van der Waals surface area contributed by atoms with Gasteiger partial charge in [-0.2, -0.15) is 0 Å². The Balaban J connectivity index is 1.65. The predicted octanol–water partition coefficient (Wildman–Crippen LogP) is 3.21. The maximum atomic E-state index is 5.41. The number of likely N-dealkylation sites (tertiary alicyclic amines) is 1. The smallest absolute Gasteiger partial charge is 0.117 e. The average Bonchev–Trinajstić information content (AvgIpc) is 3.18. The third-order valence-corrected chi connectivity index (χ3v) is 3.94. The Morgan fingerprint density at radius 2 is 1.85 bits per heavy atom. The molecule has 0 radical (unpaired) electrons.